The fourth-order valence-electron chi connectivity index (χ4n) is 3.09. The SMILES string of the molecule is O=C(O)CCN1CCC(n2c(=O)[nH]c3ccccc32)CC1. The number of likely N-dealkylation sites (tertiary alicyclic amines) is 1. The summed E-state index contributed by atoms with van der Waals surface area (Å²) in [5.41, 5.74) is 1.77. The van der Waals surface area contributed by atoms with Gasteiger partial charge in [-0.3, -0.25) is 9.36 Å². The van der Waals surface area contributed by atoms with Gasteiger partial charge in [0.2, 0.25) is 0 Å². The lowest BCUT2D eigenvalue weighted by Crippen LogP contribution is -2.37. The highest BCUT2D eigenvalue weighted by molar-refractivity contribution is 5.75. The Labute approximate surface area is 122 Å². The lowest BCUT2D eigenvalue weighted by atomic mass is 10.0. The molecule has 3 rings (SSSR count). The van der Waals surface area contributed by atoms with Crippen LogP contribution in [-0.4, -0.2) is 45.2 Å². The number of nitrogens with zero attached hydrogens (tertiary/aromatic N) is 2. The maximum absolute atomic E-state index is 12.2. The molecule has 1 aliphatic rings. The third kappa shape index (κ3) is 2.85. The number of H-pyrrole nitrogens is 1. The van der Waals surface area contributed by atoms with Crippen LogP contribution in [0.25, 0.3) is 11.0 Å². The summed E-state index contributed by atoms with van der Waals surface area (Å²) < 4.78 is 1.85. The molecule has 0 aliphatic carbocycles. The van der Waals surface area contributed by atoms with Crippen molar-refractivity contribution in [2.24, 2.45) is 0 Å². The van der Waals surface area contributed by atoms with Crippen LogP contribution in [0.15, 0.2) is 29.1 Å². The van der Waals surface area contributed by atoms with Crippen LogP contribution in [0.1, 0.15) is 25.3 Å². The number of imidazole rings is 1. The van der Waals surface area contributed by atoms with Crippen molar-refractivity contribution in [3.05, 3.63) is 34.7 Å². The minimum Gasteiger partial charge on any atom is -0.481 e. The minimum absolute atomic E-state index is 0.0554. The molecule has 6 nitrogen and oxygen atoms in total. The van der Waals surface area contributed by atoms with Crippen LogP contribution in [0.3, 0.4) is 0 Å². The summed E-state index contributed by atoms with van der Waals surface area (Å²) in [6.07, 6.45) is 1.93. The molecule has 1 fully saturated rings. The van der Waals surface area contributed by atoms with Gasteiger partial charge in [-0.15, -0.1) is 0 Å². The lowest BCUT2D eigenvalue weighted by molar-refractivity contribution is -0.137. The average molecular weight is 289 g/mol. The second-order valence-electron chi connectivity index (χ2n) is 5.53. The molecule has 0 amide bonds. The predicted molar refractivity (Wildman–Crippen MR) is 79.5 cm³/mol. The fourth-order valence-corrected chi connectivity index (χ4v) is 3.09. The van der Waals surface area contributed by atoms with Gasteiger partial charge >= 0.3 is 11.7 Å². The zero-order valence-electron chi connectivity index (χ0n) is 11.8. The van der Waals surface area contributed by atoms with Crippen LogP contribution in [0.2, 0.25) is 0 Å². The van der Waals surface area contributed by atoms with Crippen molar-refractivity contribution >= 4 is 17.0 Å². The minimum atomic E-state index is -0.759. The van der Waals surface area contributed by atoms with Crippen LogP contribution in [0.5, 0.6) is 0 Å². The molecule has 2 N–H and O–H groups in total. The van der Waals surface area contributed by atoms with E-state index in [0.29, 0.717) is 6.54 Å². The van der Waals surface area contributed by atoms with Gasteiger partial charge in [-0.05, 0) is 25.0 Å². The normalized spacial score (nSPS) is 17.3. The second kappa shape index (κ2) is 5.73. The molecule has 2 aromatic rings. The van der Waals surface area contributed by atoms with Crippen LogP contribution in [-0.2, 0) is 4.79 Å². The van der Waals surface area contributed by atoms with E-state index >= 15 is 0 Å². The zero-order valence-corrected chi connectivity index (χ0v) is 11.8. The Morgan fingerprint density at radius 1 is 1.29 bits per heavy atom. The van der Waals surface area contributed by atoms with Gasteiger partial charge in [0.15, 0.2) is 0 Å². The Morgan fingerprint density at radius 2 is 2.00 bits per heavy atom. The number of piperidine rings is 1. The first kappa shape index (κ1) is 13.9. The number of rotatable bonds is 4. The van der Waals surface area contributed by atoms with E-state index in [1.54, 1.807) is 0 Å². The number of para-hydroxylation sites is 2. The van der Waals surface area contributed by atoms with Crippen molar-refractivity contribution in [1.82, 2.24) is 14.5 Å². The van der Waals surface area contributed by atoms with Crippen molar-refractivity contribution in [3.63, 3.8) is 0 Å². The maximum Gasteiger partial charge on any atom is 0.326 e. The first-order valence-electron chi connectivity index (χ1n) is 7.28. The van der Waals surface area contributed by atoms with Gasteiger partial charge in [-0.25, -0.2) is 4.79 Å². The Kier molecular flexibility index (Phi) is 3.79. The van der Waals surface area contributed by atoms with E-state index in [0.717, 1.165) is 37.0 Å². The van der Waals surface area contributed by atoms with Gasteiger partial charge in [0.25, 0.3) is 0 Å². The summed E-state index contributed by atoms with van der Waals surface area (Å²) in [7, 11) is 0. The summed E-state index contributed by atoms with van der Waals surface area (Å²) in [4.78, 5) is 27.8. The quantitative estimate of drug-likeness (QED) is 0.892. The van der Waals surface area contributed by atoms with Gasteiger partial charge < -0.3 is 15.0 Å². The number of hydrogen-bond donors (Lipinski definition) is 2. The molecule has 1 saturated heterocycles. The number of carbonyl (C=O) groups is 1. The van der Waals surface area contributed by atoms with E-state index < -0.39 is 5.97 Å². The Hall–Kier alpha value is -2.08. The van der Waals surface area contributed by atoms with E-state index in [-0.39, 0.29) is 18.2 Å². The van der Waals surface area contributed by atoms with Crippen molar-refractivity contribution in [1.29, 1.82) is 0 Å². The summed E-state index contributed by atoms with van der Waals surface area (Å²) in [5.74, 6) is -0.759. The van der Waals surface area contributed by atoms with Crippen LogP contribution in [0.4, 0.5) is 0 Å². The third-order valence-corrected chi connectivity index (χ3v) is 4.19. The number of carboxylic acid groups (broad SMARTS) is 1. The number of benzene rings is 1. The number of hydrogen-bond acceptors (Lipinski definition) is 3. The van der Waals surface area contributed by atoms with Crippen molar-refractivity contribution in [2.45, 2.75) is 25.3 Å². The van der Waals surface area contributed by atoms with Gasteiger partial charge in [-0.2, -0.15) is 0 Å². The first-order chi connectivity index (χ1) is 10.1. The van der Waals surface area contributed by atoms with Gasteiger partial charge in [0, 0.05) is 25.7 Å². The number of carboxylic acids is 1. The van der Waals surface area contributed by atoms with Gasteiger partial charge in [0.05, 0.1) is 17.5 Å². The smallest absolute Gasteiger partial charge is 0.326 e. The molecule has 21 heavy (non-hydrogen) atoms. The van der Waals surface area contributed by atoms with Gasteiger partial charge in [-0.1, -0.05) is 12.1 Å². The topological polar surface area (TPSA) is 78.3 Å². The number of aromatic nitrogens is 2. The monoisotopic (exact) mass is 289 g/mol. The fraction of sp³-hybridized carbons (Fsp3) is 0.467. The van der Waals surface area contributed by atoms with Crippen LogP contribution < -0.4 is 5.69 Å². The standard InChI is InChI=1S/C15H19N3O3/c19-14(20)7-10-17-8-5-11(6-9-17)18-13-4-2-1-3-12(13)16-15(18)21/h1-4,11H,5-10H2,(H,16,21)(H,19,20). The molecule has 1 aromatic carbocycles. The summed E-state index contributed by atoms with van der Waals surface area (Å²) in [6, 6.07) is 7.92. The van der Waals surface area contributed by atoms with E-state index in [4.69, 9.17) is 5.11 Å². The van der Waals surface area contributed by atoms with Crippen LogP contribution >= 0.6 is 0 Å². The first-order valence-corrected chi connectivity index (χ1v) is 7.28. The average Bonchev–Trinajstić information content (AvgIpc) is 2.81. The van der Waals surface area contributed by atoms with Crippen molar-refractivity contribution < 1.29 is 9.90 Å². The number of aliphatic carboxylic acids is 1. The molecule has 0 bridgehead atoms. The summed E-state index contributed by atoms with van der Waals surface area (Å²) in [5, 5.41) is 8.72. The highest BCUT2D eigenvalue weighted by Crippen LogP contribution is 2.24. The predicted octanol–water partition coefficient (Wildman–Crippen LogP) is 1.44. The highest BCUT2D eigenvalue weighted by Gasteiger charge is 2.23. The summed E-state index contributed by atoms with van der Waals surface area (Å²) >= 11 is 0. The summed E-state index contributed by atoms with van der Waals surface area (Å²) in [6.45, 7) is 2.26. The second-order valence-corrected chi connectivity index (χ2v) is 5.53. The molecule has 0 radical (unpaired) electrons. The molecule has 1 aliphatic heterocycles. The zero-order chi connectivity index (χ0) is 14.8. The van der Waals surface area contributed by atoms with E-state index in [1.807, 2.05) is 28.8 Å². The van der Waals surface area contributed by atoms with Gasteiger partial charge in [0.1, 0.15) is 0 Å². The Bertz CT molecular complexity index is 695. The Morgan fingerprint density at radius 3 is 2.71 bits per heavy atom. The lowest BCUT2D eigenvalue weighted by Gasteiger charge is -2.32. The molecular weight excluding hydrogens is 270 g/mol. The molecular formula is C15H19N3O3. The third-order valence-electron chi connectivity index (χ3n) is 4.19. The molecule has 0 spiro atoms. The van der Waals surface area contributed by atoms with E-state index in [9.17, 15) is 9.59 Å². The molecule has 6 heteroatoms. The maximum atomic E-state index is 12.2. The van der Waals surface area contributed by atoms with E-state index in [2.05, 4.69) is 9.88 Å². The molecule has 0 saturated carbocycles. The van der Waals surface area contributed by atoms with Crippen molar-refractivity contribution in [3.8, 4) is 0 Å². The molecule has 1 aromatic heterocycles. The highest BCUT2D eigenvalue weighted by atomic mass is 16.4. The largest absolute Gasteiger partial charge is 0.481 e. The molecule has 0 unspecified atom stereocenters. The number of aromatic amines is 1. The number of nitrogens with one attached hydrogen (secondary N) is 1. The molecule has 0 atom stereocenters. The van der Waals surface area contributed by atoms with E-state index in [1.165, 1.54) is 0 Å². The van der Waals surface area contributed by atoms with Crippen molar-refractivity contribution in [2.75, 3.05) is 19.6 Å². The number of fused-ring (bicyclic) bond motifs is 1. The molecule has 112 valence electrons. The molecule has 2 heterocycles. The Balaban J connectivity index is 1.73. The van der Waals surface area contributed by atoms with Crippen LogP contribution in [0, 0.1) is 0 Å².